The second-order valence-corrected chi connectivity index (χ2v) is 5.90. The summed E-state index contributed by atoms with van der Waals surface area (Å²) in [5.74, 6) is -0.379. The van der Waals surface area contributed by atoms with Gasteiger partial charge in [-0.1, -0.05) is 0 Å². The lowest BCUT2D eigenvalue weighted by molar-refractivity contribution is -0.201. The Kier molecular flexibility index (Phi) is 2.89. The van der Waals surface area contributed by atoms with E-state index < -0.39 is 18.1 Å². The van der Waals surface area contributed by atoms with Gasteiger partial charge in [-0.15, -0.1) is 0 Å². The van der Waals surface area contributed by atoms with Crippen LogP contribution in [0.3, 0.4) is 0 Å². The molecule has 22 heavy (non-hydrogen) atoms. The molecule has 2 fully saturated rings. The van der Waals surface area contributed by atoms with Crippen LogP contribution in [-0.4, -0.2) is 55.6 Å². The average molecular weight is 307 g/mol. The van der Waals surface area contributed by atoms with Gasteiger partial charge in [0.15, 0.2) is 17.7 Å². The molecule has 0 radical (unpaired) electrons. The first-order valence-electron chi connectivity index (χ1n) is 7.06. The smallest absolute Gasteiger partial charge is 0.181 e. The van der Waals surface area contributed by atoms with E-state index in [0.29, 0.717) is 16.9 Å². The van der Waals surface area contributed by atoms with Gasteiger partial charge in [-0.05, 0) is 13.8 Å². The third-order valence-electron chi connectivity index (χ3n) is 3.97. The van der Waals surface area contributed by atoms with Crippen molar-refractivity contribution in [2.24, 2.45) is 0 Å². The number of ether oxygens (including phenoxy) is 3. The fourth-order valence-electron chi connectivity index (χ4n) is 3.07. The molecule has 2 aliphatic rings. The number of fused-ring (bicyclic) bond motifs is 2. The standard InChI is InChI=1S/C13H17N5O4/c1-13(2)21-8-7(4-19)20-12(9(8)22-13)18-11-6(3-17-18)10(14)15-5-16-11/h3,5,7-9,12,19H,4H2,1-2H3,(H2,14,15,16)/t7-,8-,9-,12-/m1/s1. The van der Waals surface area contributed by atoms with Gasteiger partial charge in [-0.2, -0.15) is 5.10 Å². The summed E-state index contributed by atoms with van der Waals surface area (Å²) in [7, 11) is 0. The van der Waals surface area contributed by atoms with E-state index in [1.54, 1.807) is 10.9 Å². The Morgan fingerprint density at radius 1 is 1.32 bits per heavy atom. The molecule has 4 atom stereocenters. The number of nitrogens with two attached hydrogens (primary N) is 1. The number of nitrogens with zero attached hydrogens (tertiary/aromatic N) is 4. The minimum Gasteiger partial charge on any atom is -0.394 e. The van der Waals surface area contributed by atoms with Crippen LogP contribution in [0.1, 0.15) is 20.1 Å². The highest BCUT2D eigenvalue weighted by atomic mass is 16.8. The van der Waals surface area contributed by atoms with Crippen molar-refractivity contribution in [1.82, 2.24) is 19.7 Å². The van der Waals surface area contributed by atoms with Crippen LogP contribution < -0.4 is 5.73 Å². The maximum absolute atomic E-state index is 9.52. The summed E-state index contributed by atoms with van der Waals surface area (Å²) in [6.07, 6.45) is 1.21. The highest BCUT2D eigenvalue weighted by Gasteiger charge is 2.56. The van der Waals surface area contributed by atoms with E-state index in [1.807, 2.05) is 13.8 Å². The van der Waals surface area contributed by atoms with Crippen molar-refractivity contribution in [2.75, 3.05) is 12.3 Å². The van der Waals surface area contributed by atoms with Crippen LogP contribution in [0.2, 0.25) is 0 Å². The number of hydrogen-bond acceptors (Lipinski definition) is 8. The molecule has 2 saturated heterocycles. The van der Waals surface area contributed by atoms with E-state index in [1.165, 1.54) is 6.33 Å². The molecular weight excluding hydrogens is 290 g/mol. The van der Waals surface area contributed by atoms with Crippen LogP contribution in [0.25, 0.3) is 11.0 Å². The summed E-state index contributed by atoms with van der Waals surface area (Å²) in [5, 5.41) is 14.5. The molecule has 4 rings (SSSR count). The molecule has 9 nitrogen and oxygen atoms in total. The Labute approximate surface area is 126 Å². The zero-order valence-electron chi connectivity index (χ0n) is 12.2. The minimum absolute atomic E-state index is 0.159. The Hall–Kier alpha value is -1.81. The first-order valence-corrected chi connectivity index (χ1v) is 7.06. The summed E-state index contributed by atoms with van der Waals surface area (Å²) < 4.78 is 19.2. The normalized spacial score (nSPS) is 33.4. The van der Waals surface area contributed by atoms with Crippen LogP contribution in [0, 0.1) is 0 Å². The molecule has 4 heterocycles. The Bertz CT molecular complexity index is 718. The van der Waals surface area contributed by atoms with Crippen LogP contribution in [-0.2, 0) is 14.2 Å². The molecular formula is C13H17N5O4. The number of nitrogen functional groups attached to an aromatic ring is 1. The molecule has 9 heteroatoms. The van der Waals surface area contributed by atoms with Gasteiger partial charge in [-0.3, -0.25) is 0 Å². The molecule has 0 aliphatic carbocycles. The highest BCUT2D eigenvalue weighted by Crippen LogP contribution is 2.43. The third-order valence-corrected chi connectivity index (χ3v) is 3.97. The Morgan fingerprint density at radius 2 is 2.09 bits per heavy atom. The summed E-state index contributed by atoms with van der Waals surface area (Å²) in [4.78, 5) is 8.16. The van der Waals surface area contributed by atoms with E-state index in [2.05, 4.69) is 15.1 Å². The lowest BCUT2D eigenvalue weighted by Crippen LogP contribution is -2.31. The minimum atomic E-state index is -0.734. The molecule has 0 bridgehead atoms. The van der Waals surface area contributed by atoms with E-state index in [-0.39, 0.29) is 18.8 Å². The first-order chi connectivity index (χ1) is 10.5. The Morgan fingerprint density at radius 3 is 2.86 bits per heavy atom. The quantitative estimate of drug-likeness (QED) is 0.784. The predicted octanol–water partition coefficient (Wildman–Crippen LogP) is -0.182. The van der Waals surface area contributed by atoms with E-state index >= 15 is 0 Å². The number of hydrogen-bond donors (Lipinski definition) is 2. The number of anilines is 1. The van der Waals surface area contributed by atoms with Gasteiger partial charge in [0.1, 0.15) is 30.5 Å². The topological polar surface area (TPSA) is 118 Å². The molecule has 0 spiro atoms. The molecule has 2 aromatic heterocycles. The maximum Gasteiger partial charge on any atom is 0.181 e. The van der Waals surface area contributed by atoms with Gasteiger partial charge < -0.3 is 25.1 Å². The van der Waals surface area contributed by atoms with Crippen molar-refractivity contribution in [2.45, 2.75) is 44.2 Å². The third kappa shape index (κ3) is 1.90. The first kappa shape index (κ1) is 13.8. The molecule has 3 N–H and O–H groups in total. The van der Waals surface area contributed by atoms with Crippen LogP contribution >= 0.6 is 0 Å². The number of aromatic nitrogens is 4. The molecule has 2 aromatic rings. The van der Waals surface area contributed by atoms with Crippen molar-refractivity contribution in [1.29, 1.82) is 0 Å². The fourth-order valence-corrected chi connectivity index (χ4v) is 3.07. The lowest BCUT2D eigenvalue weighted by Gasteiger charge is -2.23. The second kappa shape index (κ2) is 4.59. The van der Waals surface area contributed by atoms with Crippen molar-refractivity contribution in [3.8, 4) is 0 Å². The molecule has 0 amide bonds. The van der Waals surface area contributed by atoms with Crippen LogP contribution in [0.15, 0.2) is 12.5 Å². The van der Waals surface area contributed by atoms with E-state index in [0.717, 1.165) is 0 Å². The van der Waals surface area contributed by atoms with Crippen LogP contribution in [0.4, 0.5) is 5.82 Å². The van der Waals surface area contributed by atoms with Crippen molar-refractivity contribution < 1.29 is 19.3 Å². The lowest BCUT2D eigenvalue weighted by atomic mass is 10.1. The molecule has 2 aliphatic heterocycles. The fraction of sp³-hybridized carbons (Fsp3) is 0.615. The van der Waals surface area contributed by atoms with Gasteiger partial charge in [0.05, 0.1) is 18.2 Å². The van der Waals surface area contributed by atoms with Crippen molar-refractivity contribution >= 4 is 16.9 Å². The number of aliphatic hydroxyl groups excluding tert-OH is 1. The van der Waals surface area contributed by atoms with E-state index in [9.17, 15) is 5.11 Å². The second-order valence-electron chi connectivity index (χ2n) is 5.90. The summed E-state index contributed by atoms with van der Waals surface area (Å²) in [6, 6.07) is 0. The number of rotatable bonds is 2. The SMILES string of the molecule is CC1(C)O[C@@H]2[C@H](O1)[C@@H](CO)O[C@H]2n1ncc2c(N)ncnc21. The van der Waals surface area contributed by atoms with Crippen molar-refractivity contribution in [3.05, 3.63) is 12.5 Å². The van der Waals surface area contributed by atoms with Gasteiger partial charge >= 0.3 is 0 Å². The van der Waals surface area contributed by atoms with E-state index in [4.69, 9.17) is 19.9 Å². The summed E-state index contributed by atoms with van der Waals surface area (Å²) in [5.41, 5.74) is 6.39. The maximum atomic E-state index is 9.52. The zero-order chi connectivity index (χ0) is 15.5. The van der Waals surface area contributed by atoms with Crippen LogP contribution in [0.5, 0.6) is 0 Å². The Balaban J connectivity index is 1.77. The molecule has 118 valence electrons. The van der Waals surface area contributed by atoms with Gasteiger partial charge in [-0.25, -0.2) is 14.6 Å². The summed E-state index contributed by atoms with van der Waals surface area (Å²) >= 11 is 0. The largest absolute Gasteiger partial charge is 0.394 e. The van der Waals surface area contributed by atoms with Gasteiger partial charge in [0.2, 0.25) is 0 Å². The predicted molar refractivity (Wildman–Crippen MR) is 74.6 cm³/mol. The van der Waals surface area contributed by atoms with Gasteiger partial charge in [0.25, 0.3) is 0 Å². The number of aliphatic hydroxyl groups is 1. The van der Waals surface area contributed by atoms with Gasteiger partial charge in [0, 0.05) is 0 Å². The monoisotopic (exact) mass is 307 g/mol. The zero-order valence-corrected chi connectivity index (χ0v) is 12.2. The molecule has 0 aromatic carbocycles. The average Bonchev–Trinajstić information content (AvgIpc) is 3.10. The summed E-state index contributed by atoms with van der Waals surface area (Å²) in [6.45, 7) is 3.50. The molecule has 0 saturated carbocycles. The highest BCUT2D eigenvalue weighted by molar-refractivity contribution is 5.84. The van der Waals surface area contributed by atoms with Crippen molar-refractivity contribution in [3.63, 3.8) is 0 Å². The molecule has 0 unspecified atom stereocenters.